The maximum Gasteiger partial charge on any atom is 0.343 e. The van der Waals surface area contributed by atoms with Crippen LogP contribution in [0.15, 0.2) is 158 Å². The van der Waals surface area contributed by atoms with E-state index in [0.717, 1.165) is 0 Å². The molecule has 0 N–H and O–H groups in total. The molecule has 10 aromatic rings. The summed E-state index contributed by atoms with van der Waals surface area (Å²) in [4.78, 5) is 5.36. The van der Waals surface area contributed by atoms with Gasteiger partial charge >= 0.3 is 6.85 Å². The lowest BCUT2D eigenvalue weighted by molar-refractivity contribution is 0.590. The molecular weight excluding hydrogens is 792 g/mol. The Labute approximate surface area is 382 Å². The number of fused-ring (bicyclic) bond motifs is 8. The molecule has 0 saturated carbocycles. The summed E-state index contributed by atoms with van der Waals surface area (Å²) in [7, 11) is 0. The lowest BCUT2D eigenvalue weighted by Gasteiger charge is -2.46. The van der Waals surface area contributed by atoms with Crippen molar-refractivity contribution in [2.24, 2.45) is 0 Å². The maximum absolute atomic E-state index is 2.71. The molecule has 2 aliphatic rings. The van der Waals surface area contributed by atoms with Crippen LogP contribution in [-0.4, -0.2) is 6.85 Å². The van der Waals surface area contributed by atoms with Crippen molar-refractivity contribution in [1.82, 2.24) is 0 Å². The molecule has 64 heavy (non-hydrogen) atoms. The van der Waals surface area contributed by atoms with Gasteiger partial charge in [0.15, 0.2) is 0 Å². The van der Waals surface area contributed by atoms with Crippen LogP contribution in [0.3, 0.4) is 0 Å². The second kappa shape index (κ2) is 13.6. The van der Waals surface area contributed by atoms with Gasteiger partial charge in [0, 0.05) is 48.1 Å². The number of para-hydroxylation sites is 2. The predicted octanol–water partition coefficient (Wildman–Crippen LogP) is 16.1. The number of anilines is 5. The molecule has 2 nitrogen and oxygen atoms in total. The Morgan fingerprint density at radius 3 is 1.78 bits per heavy atom. The van der Waals surface area contributed by atoms with Gasteiger partial charge in [-0.3, -0.25) is 0 Å². The van der Waals surface area contributed by atoms with Gasteiger partial charge in [-0.25, -0.2) is 0 Å². The molecule has 0 atom stereocenters. The molecule has 3 heterocycles. The fourth-order valence-electron chi connectivity index (χ4n) is 10.9. The van der Waals surface area contributed by atoms with Crippen LogP contribution >= 0.6 is 11.3 Å². The highest BCUT2D eigenvalue weighted by molar-refractivity contribution is 7.32. The SMILES string of the molecule is CC(C)(C)c1ccc(-c2cc(C(C)(C)C)ccc2N2c3c(sc4ccccc34)B3c4c(c5ccc6cc(C(C)(C)C)cc7ccc(c42)c5c67)-c2ccccc2N3c2ccccc2)cc1. The Kier molecular flexibility index (Phi) is 8.33. The van der Waals surface area contributed by atoms with Crippen LogP contribution < -0.4 is 20.0 Å². The van der Waals surface area contributed by atoms with E-state index in [-0.39, 0.29) is 23.1 Å². The Balaban J connectivity index is 1.28. The molecule has 312 valence electrons. The molecule has 12 rings (SSSR count). The average molecular weight is 845 g/mol. The van der Waals surface area contributed by atoms with Gasteiger partial charge in [-0.05, 0) is 107 Å². The van der Waals surface area contributed by atoms with Crippen molar-refractivity contribution in [2.75, 3.05) is 9.71 Å². The number of rotatable bonds is 3. The zero-order valence-corrected chi connectivity index (χ0v) is 39.2. The molecule has 0 unspecified atom stereocenters. The highest BCUT2D eigenvalue weighted by atomic mass is 32.1. The van der Waals surface area contributed by atoms with Crippen LogP contribution in [0.1, 0.15) is 79.0 Å². The van der Waals surface area contributed by atoms with E-state index in [1.54, 1.807) is 0 Å². The highest BCUT2D eigenvalue weighted by Crippen LogP contribution is 2.56. The number of thiophene rings is 1. The summed E-state index contributed by atoms with van der Waals surface area (Å²) in [5.41, 5.74) is 16.8. The zero-order chi connectivity index (χ0) is 44.0. The molecule has 1 aromatic heterocycles. The second-order valence-electron chi connectivity index (χ2n) is 21.4. The second-order valence-corrected chi connectivity index (χ2v) is 22.5. The van der Waals surface area contributed by atoms with E-state index in [4.69, 9.17) is 0 Å². The smallest absolute Gasteiger partial charge is 0.343 e. The fourth-order valence-corrected chi connectivity index (χ4v) is 12.2. The summed E-state index contributed by atoms with van der Waals surface area (Å²) in [5.74, 6) is 0. The maximum atomic E-state index is 2.71. The van der Waals surface area contributed by atoms with Crippen molar-refractivity contribution < 1.29 is 0 Å². The molecule has 4 heteroatoms. The average Bonchev–Trinajstić information content (AvgIpc) is 3.67. The topological polar surface area (TPSA) is 6.48 Å². The standard InChI is InChI=1S/C60H53BN2S/c1-58(2,3)39-27-23-36(24-28-39)47-35-40(59(4,5)6)29-32-48(47)62-55-46-31-26-38-34-41(60(7,8)9)33-37-25-30-45(52(46)51(37)38)53-43-19-13-15-21-49(43)63(42-17-11-10-12-18-42)61(54(53)55)57-56(62)44-20-14-16-22-50(44)64-57/h10-35H,1-9H3. The van der Waals surface area contributed by atoms with Crippen LogP contribution in [0.2, 0.25) is 0 Å². The molecule has 0 spiro atoms. The fraction of sp³-hybridized carbons (Fsp3) is 0.200. The third kappa shape index (κ3) is 5.71. The Morgan fingerprint density at radius 1 is 0.453 bits per heavy atom. The molecule has 0 radical (unpaired) electrons. The first kappa shape index (κ1) is 39.3. The minimum Gasteiger partial charge on any atom is -0.376 e. The number of hydrogen-bond acceptors (Lipinski definition) is 3. The number of hydrogen-bond donors (Lipinski definition) is 0. The largest absolute Gasteiger partial charge is 0.376 e. The van der Waals surface area contributed by atoms with Gasteiger partial charge < -0.3 is 9.71 Å². The van der Waals surface area contributed by atoms with Crippen molar-refractivity contribution >= 4 is 99.3 Å². The first-order valence-corrected chi connectivity index (χ1v) is 23.8. The van der Waals surface area contributed by atoms with Gasteiger partial charge in [-0.2, -0.15) is 0 Å². The lowest BCUT2D eigenvalue weighted by atomic mass is 9.46. The van der Waals surface area contributed by atoms with Crippen molar-refractivity contribution in [3.8, 4) is 22.3 Å². The van der Waals surface area contributed by atoms with Crippen LogP contribution in [0.4, 0.5) is 28.4 Å². The molecular formula is C60H53BN2S. The molecule has 9 aromatic carbocycles. The minimum atomic E-state index is -0.0660. The molecule has 0 fully saturated rings. The first-order chi connectivity index (χ1) is 30.7. The first-order valence-electron chi connectivity index (χ1n) is 23.0. The third-order valence-corrected chi connectivity index (χ3v) is 15.4. The van der Waals surface area contributed by atoms with Crippen LogP contribution in [0.25, 0.3) is 64.7 Å². The molecule has 2 aliphatic heterocycles. The van der Waals surface area contributed by atoms with E-state index < -0.39 is 0 Å². The van der Waals surface area contributed by atoms with Gasteiger partial charge in [0.1, 0.15) is 0 Å². The van der Waals surface area contributed by atoms with Crippen molar-refractivity contribution in [1.29, 1.82) is 0 Å². The minimum absolute atomic E-state index is 0.0244. The van der Waals surface area contributed by atoms with E-state index in [2.05, 4.69) is 230 Å². The summed E-state index contributed by atoms with van der Waals surface area (Å²) >= 11 is 1.96. The summed E-state index contributed by atoms with van der Waals surface area (Å²) in [6, 6.07) is 60.8. The van der Waals surface area contributed by atoms with Gasteiger partial charge in [0.2, 0.25) is 0 Å². The molecule has 0 amide bonds. The summed E-state index contributed by atoms with van der Waals surface area (Å²) < 4.78 is 2.67. The summed E-state index contributed by atoms with van der Waals surface area (Å²) in [5, 5.41) is 9.21. The van der Waals surface area contributed by atoms with E-state index >= 15 is 0 Å². The normalized spacial score (nSPS) is 13.9. The Bertz CT molecular complexity index is 3490. The monoisotopic (exact) mass is 844 g/mol. The van der Waals surface area contributed by atoms with Crippen molar-refractivity contribution in [3.05, 3.63) is 174 Å². The number of benzene rings is 9. The van der Waals surface area contributed by atoms with Crippen LogP contribution in [-0.2, 0) is 16.2 Å². The molecule has 0 bridgehead atoms. The van der Waals surface area contributed by atoms with E-state index in [9.17, 15) is 0 Å². The third-order valence-electron chi connectivity index (χ3n) is 14.2. The number of nitrogens with zero attached hydrogens (tertiary/aromatic N) is 2. The van der Waals surface area contributed by atoms with Gasteiger partial charge in [-0.1, -0.05) is 184 Å². The van der Waals surface area contributed by atoms with Gasteiger partial charge in [0.05, 0.1) is 17.1 Å². The summed E-state index contributed by atoms with van der Waals surface area (Å²) in [6.45, 7) is 20.8. The zero-order valence-electron chi connectivity index (χ0n) is 38.4. The molecule has 0 aliphatic carbocycles. The van der Waals surface area contributed by atoms with Crippen LogP contribution in [0, 0.1) is 0 Å². The quantitative estimate of drug-likeness (QED) is 0.129. The van der Waals surface area contributed by atoms with Crippen molar-refractivity contribution in [2.45, 2.75) is 78.6 Å². The Morgan fingerprint density at radius 2 is 1.08 bits per heavy atom. The van der Waals surface area contributed by atoms with Gasteiger partial charge in [0.25, 0.3) is 0 Å². The van der Waals surface area contributed by atoms with Crippen LogP contribution in [0.5, 0.6) is 0 Å². The molecule has 0 saturated heterocycles. The van der Waals surface area contributed by atoms with Crippen molar-refractivity contribution in [3.63, 3.8) is 0 Å². The highest BCUT2D eigenvalue weighted by Gasteiger charge is 2.48. The van der Waals surface area contributed by atoms with E-state index in [0.29, 0.717) is 0 Å². The Hall–Kier alpha value is -6.36. The lowest BCUT2D eigenvalue weighted by Crippen LogP contribution is -2.60. The van der Waals surface area contributed by atoms with E-state index in [1.807, 2.05) is 11.3 Å². The summed E-state index contributed by atoms with van der Waals surface area (Å²) in [6.07, 6.45) is 0. The predicted molar refractivity (Wildman–Crippen MR) is 281 cm³/mol. The van der Waals surface area contributed by atoms with Gasteiger partial charge in [-0.15, -0.1) is 11.3 Å². The van der Waals surface area contributed by atoms with E-state index in [1.165, 1.54) is 120 Å².